The quantitative estimate of drug-likeness (QED) is 0.871. The smallest absolute Gasteiger partial charge is 0.229 e. The van der Waals surface area contributed by atoms with Crippen molar-refractivity contribution in [2.45, 2.75) is 46.6 Å². The van der Waals surface area contributed by atoms with E-state index in [9.17, 15) is 4.79 Å². The first-order valence-electron chi connectivity index (χ1n) is 8.40. The number of nitrogens with one attached hydrogen (secondary N) is 2. The lowest BCUT2D eigenvalue weighted by atomic mass is 9.91. The van der Waals surface area contributed by atoms with Crippen LogP contribution in [0.1, 0.15) is 37.8 Å². The summed E-state index contributed by atoms with van der Waals surface area (Å²) < 4.78 is 5.82. The highest BCUT2D eigenvalue weighted by molar-refractivity contribution is 5.82. The number of carbonyl (C=O) groups is 1. The molecule has 0 bridgehead atoms. The van der Waals surface area contributed by atoms with Gasteiger partial charge in [0.15, 0.2) is 0 Å². The van der Waals surface area contributed by atoms with E-state index < -0.39 is 5.41 Å². The van der Waals surface area contributed by atoms with Crippen molar-refractivity contribution in [2.24, 2.45) is 10.8 Å². The third kappa shape index (κ3) is 3.34. The van der Waals surface area contributed by atoms with Gasteiger partial charge in [0.25, 0.3) is 0 Å². The minimum Gasteiger partial charge on any atom is -0.476 e. The summed E-state index contributed by atoms with van der Waals surface area (Å²) in [5, 5.41) is 6.63. The van der Waals surface area contributed by atoms with E-state index in [1.54, 1.807) is 6.20 Å². The lowest BCUT2D eigenvalue weighted by Gasteiger charge is -2.28. The zero-order chi connectivity index (χ0) is 16.7. The van der Waals surface area contributed by atoms with E-state index in [1.807, 2.05) is 33.8 Å². The molecular formula is C18H27N3O2. The van der Waals surface area contributed by atoms with Crippen LogP contribution in [-0.4, -0.2) is 36.6 Å². The van der Waals surface area contributed by atoms with Gasteiger partial charge in [0.2, 0.25) is 11.8 Å². The van der Waals surface area contributed by atoms with Crippen LogP contribution < -0.4 is 15.4 Å². The zero-order valence-electron chi connectivity index (χ0n) is 14.5. The molecule has 5 nitrogen and oxygen atoms in total. The maximum Gasteiger partial charge on any atom is 0.229 e. The van der Waals surface area contributed by atoms with Gasteiger partial charge in [-0.15, -0.1) is 0 Å². The Morgan fingerprint density at radius 2 is 2.22 bits per heavy atom. The van der Waals surface area contributed by atoms with Crippen molar-refractivity contribution in [2.75, 3.05) is 19.7 Å². The molecule has 23 heavy (non-hydrogen) atoms. The van der Waals surface area contributed by atoms with Gasteiger partial charge in [0.1, 0.15) is 6.61 Å². The van der Waals surface area contributed by atoms with Crippen LogP contribution >= 0.6 is 0 Å². The van der Waals surface area contributed by atoms with Gasteiger partial charge in [-0.1, -0.05) is 0 Å². The molecule has 1 amide bonds. The molecule has 1 aliphatic heterocycles. The fraction of sp³-hybridized carbons (Fsp3) is 0.667. The average molecular weight is 317 g/mol. The van der Waals surface area contributed by atoms with Crippen molar-refractivity contribution in [3.63, 3.8) is 0 Å². The molecule has 5 heteroatoms. The number of rotatable bonds is 5. The van der Waals surface area contributed by atoms with Gasteiger partial charge in [0.05, 0.1) is 5.41 Å². The lowest BCUT2D eigenvalue weighted by Crippen LogP contribution is -2.48. The first kappa shape index (κ1) is 16.2. The summed E-state index contributed by atoms with van der Waals surface area (Å²) in [6.07, 6.45) is 4.22. The molecule has 1 saturated carbocycles. The maximum absolute atomic E-state index is 12.7. The summed E-state index contributed by atoms with van der Waals surface area (Å²) in [5.41, 5.74) is 1.84. The average Bonchev–Trinajstić information content (AvgIpc) is 3.15. The van der Waals surface area contributed by atoms with Crippen LogP contribution in [0.4, 0.5) is 0 Å². The first-order valence-corrected chi connectivity index (χ1v) is 8.40. The first-order chi connectivity index (χ1) is 10.8. The van der Waals surface area contributed by atoms with Crippen LogP contribution in [0.15, 0.2) is 12.3 Å². The molecule has 1 aliphatic carbocycles. The van der Waals surface area contributed by atoms with E-state index in [-0.39, 0.29) is 11.9 Å². The summed E-state index contributed by atoms with van der Waals surface area (Å²) in [6, 6.07) is 2.30. The summed E-state index contributed by atoms with van der Waals surface area (Å²) in [7, 11) is 0. The Morgan fingerprint density at radius 1 is 1.48 bits per heavy atom. The SMILES string of the molecule is Cc1cnc(OCC(C)(C)C(=O)NC2CNCC23CC3)c(C)c1. The molecule has 0 radical (unpaired) electrons. The molecule has 1 atom stereocenters. The Hall–Kier alpha value is -1.62. The monoisotopic (exact) mass is 317 g/mol. The van der Waals surface area contributed by atoms with Crippen molar-refractivity contribution < 1.29 is 9.53 Å². The Kier molecular flexibility index (Phi) is 4.08. The molecule has 1 aromatic rings. The van der Waals surface area contributed by atoms with E-state index in [1.165, 1.54) is 12.8 Å². The normalized spacial score (nSPS) is 22.2. The molecule has 2 fully saturated rings. The molecule has 1 unspecified atom stereocenters. The second kappa shape index (κ2) is 5.78. The fourth-order valence-electron chi connectivity index (χ4n) is 3.22. The minimum atomic E-state index is -0.586. The van der Waals surface area contributed by atoms with Crippen LogP contribution in [0.25, 0.3) is 0 Å². The highest BCUT2D eigenvalue weighted by Gasteiger charge is 2.53. The Morgan fingerprint density at radius 3 is 2.87 bits per heavy atom. The molecular weight excluding hydrogens is 290 g/mol. The van der Waals surface area contributed by atoms with Crippen LogP contribution in [0.5, 0.6) is 5.88 Å². The molecule has 2 heterocycles. The number of hydrogen-bond donors (Lipinski definition) is 2. The van der Waals surface area contributed by atoms with Crippen molar-refractivity contribution in [1.29, 1.82) is 0 Å². The van der Waals surface area contributed by atoms with Crippen LogP contribution in [0.3, 0.4) is 0 Å². The lowest BCUT2D eigenvalue weighted by molar-refractivity contribution is -0.131. The number of hydrogen-bond acceptors (Lipinski definition) is 4. The molecule has 1 aromatic heterocycles. The molecule has 126 valence electrons. The van der Waals surface area contributed by atoms with Gasteiger partial charge in [0, 0.05) is 36.3 Å². The number of amides is 1. The largest absolute Gasteiger partial charge is 0.476 e. The number of pyridine rings is 1. The van der Waals surface area contributed by atoms with Crippen molar-refractivity contribution in [1.82, 2.24) is 15.6 Å². The summed E-state index contributed by atoms with van der Waals surface area (Å²) >= 11 is 0. The molecule has 3 rings (SSSR count). The second-order valence-electron chi connectivity index (χ2n) is 7.83. The Balaban J connectivity index is 1.58. The van der Waals surface area contributed by atoms with Crippen molar-refractivity contribution in [3.8, 4) is 5.88 Å². The zero-order valence-corrected chi connectivity index (χ0v) is 14.5. The predicted molar refractivity (Wildman–Crippen MR) is 89.5 cm³/mol. The van der Waals surface area contributed by atoms with Crippen LogP contribution in [0.2, 0.25) is 0 Å². The highest BCUT2D eigenvalue weighted by Crippen LogP contribution is 2.50. The van der Waals surface area contributed by atoms with Gasteiger partial charge >= 0.3 is 0 Å². The highest BCUT2D eigenvalue weighted by atomic mass is 16.5. The number of nitrogens with zero attached hydrogens (tertiary/aromatic N) is 1. The number of aryl methyl sites for hydroxylation is 2. The molecule has 2 aliphatic rings. The summed E-state index contributed by atoms with van der Waals surface area (Å²) in [5.74, 6) is 0.667. The fourth-order valence-corrected chi connectivity index (χ4v) is 3.22. The summed E-state index contributed by atoms with van der Waals surface area (Å²) in [6.45, 7) is 10.1. The van der Waals surface area contributed by atoms with E-state index >= 15 is 0 Å². The van der Waals surface area contributed by atoms with Crippen LogP contribution in [-0.2, 0) is 4.79 Å². The molecule has 2 N–H and O–H groups in total. The van der Waals surface area contributed by atoms with Gasteiger partial charge in [-0.05, 0) is 52.2 Å². The van der Waals surface area contributed by atoms with E-state index in [0.29, 0.717) is 17.9 Å². The number of aromatic nitrogens is 1. The van der Waals surface area contributed by atoms with E-state index in [4.69, 9.17) is 4.74 Å². The standard InChI is InChI=1S/C18H27N3O2/c1-12-7-13(2)15(20-8-12)23-11-17(3,4)16(22)21-14-9-19-10-18(14)5-6-18/h7-8,14,19H,5-6,9-11H2,1-4H3,(H,21,22). The van der Waals surface area contributed by atoms with Gasteiger partial charge in [-0.2, -0.15) is 0 Å². The van der Waals surface area contributed by atoms with Gasteiger partial charge in [-0.25, -0.2) is 4.98 Å². The van der Waals surface area contributed by atoms with E-state index in [2.05, 4.69) is 15.6 Å². The number of ether oxygens (including phenoxy) is 1. The Labute approximate surface area is 138 Å². The molecule has 0 aromatic carbocycles. The Bertz CT molecular complexity index is 608. The third-order valence-electron chi connectivity index (χ3n) is 5.11. The topological polar surface area (TPSA) is 63.2 Å². The summed E-state index contributed by atoms with van der Waals surface area (Å²) in [4.78, 5) is 17.0. The predicted octanol–water partition coefficient (Wildman–Crippen LogP) is 1.97. The van der Waals surface area contributed by atoms with Crippen LogP contribution in [0, 0.1) is 24.7 Å². The third-order valence-corrected chi connectivity index (χ3v) is 5.11. The van der Waals surface area contributed by atoms with E-state index in [0.717, 1.165) is 24.2 Å². The number of carbonyl (C=O) groups excluding carboxylic acids is 1. The minimum absolute atomic E-state index is 0.0576. The maximum atomic E-state index is 12.7. The van der Waals surface area contributed by atoms with Gasteiger partial charge < -0.3 is 15.4 Å². The van der Waals surface area contributed by atoms with Gasteiger partial charge in [-0.3, -0.25) is 4.79 Å². The molecule has 1 saturated heterocycles. The second-order valence-corrected chi connectivity index (χ2v) is 7.83. The molecule has 1 spiro atoms. The van der Waals surface area contributed by atoms with Crippen molar-refractivity contribution in [3.05, 3.63) is 23.4 Å². The van der Waals surface area contributed by atoms with Crippen molar-refractivity contribution >= 4 is 5.91 Å².